The molecule has 0 unspecified atom stereocenters. The Morgan fingerprint density at radius 2 is 2.00 bits per heavy atom. The first kappa shape index (κ1) is 13.8. The molecule has 3 aromatic rings. The molecule has 4 heteroatoms. The Bertz CT molecular complexity index is 780. The first-order valence-corrected chi connectivity index (χ1v) is 7.11. The molecule has 0 bridgehead atoms. The summed E-state index contributed by atoms with van der Waals surface area (Å²) in [6.07, 6.45) is 0. The van der Waals surface area contributed by atoms with E-state index in [1.807, 2.05) is 49.4 Å². The molecule has 3 rings (SSSR count). The van der Waals surface area contributed by atoms with E-state index in [1.165, 1.54) is 0 Å². The highest BCUT2D eigenvalue weighted by molar-refractivity contribution is 6.30. The number of fused-ring (bicyclic) bond motifs is 1. The molecule has 3 nitrogen and oxygen atoms in total. The topological polar surface area (TPSA) is 34.4 Å². The molecule has 108 valence electrons. The zero-order chi connectivity index (χ0) is 14.8. The molecule has 2 aromatic carbocycles. The molecule has 0 spiro atoms. The number of hydrogen-bond donors (Lipinski definition) is 1. The predicted octanol–water partition coefficient (Wildman–Crippen LogP) is 5.02. The summed E-state index contributed by atoms with van der Waals surface area (Å²) in [6, 6.07) is 13.8. The van der Waals surface area contributed by atoms with Crippen LogP contribution in [0.25, 0.3) is 11.0 Å². The van der Waals surface area contributed by atoms with Gasteiger partial charge in [-0.2, -0.15) is 0 Å². The van der Waals surface area contributed by atoms with E-state index in [4.69, 9.17) is 20.8 Å². The van der Waals surface area contributed by atoms with Crippen LogP contribution < -0.4 is 10.1 Å². The Morgan fingerprint density at radius 3 is 2.76 bits per heavy atom. The van der Waals surface area contributed by atoms with Crippen molar-refractivity contribution in [2.24, 2.45) is 0 Å². The number of ether oxygens (including phenoxy) is 1. The molecule has 1 aromatic heterocycles. The molecule has 0 aliphatic heterocycles. The van der Waals surface area contributed by atoms with Crippen LogP contribution in [-0.2, 0) is 6.54 Å². The molecule has 1 N–H and O–H groups in total. The SMILES string of the molecule is COc1ccc(NCc2c(Cl)oc3ccccc23)c(C)c1. The minimum Gasteiger partial charge on any atom is -0.497 e. The summed E-state index contributed by atoms with van der Waals surface area (Å²) < 4.78 is 10.8. The fourth-order valence-corrected chi connectivity index (χ4v) is 2.63. The molecule has 0 aliphatic rings. The molecule has 1 heterocycles. The van der Waals surface area contributed by atoms with Gasteiger partial charge in [-0.25, -0.2) is 0 Å². The minimum atomic E-state index is 0.440. The maximum atomic E-state index is 6.19. The number of para-hydroxylation sites is 1. The van der Waals surface area contributed by atoms with Crippen molar-refractivity contribution in [2.45, 2.75) is 13.5 Å². The van der Waals surface area contributed by atoms with Crippen molar-refractivity contribution in [2.75, 3.05) is 12.4 Å². The van der Waals surface area contributed by atoms with E-state index < -0.39 is 0 Å². The van der Waals surface area contributed by atoms with Gasteiger partial charge in [-0.1, -0.05) is 18.2 Å². The lowest BCUT2D eigenvalue weighted by Gasteiger charge is -2.10. The third-order valence-corrected chi connectivity index (χ3v) is 3.84. The van der Waals surface area contributed by atoms with Crippen LogP contribution in [0.5, 0.6) is 5.75 Å². The monoisotopic (exact) mass is 301 g/mol. The molecule has 0 aliphatic carbocycles. The average molecular weight is 302 g/mol. The number of halogens is 1. The number of methoxy groups -OCH3 is 1. The van der Waals surface area contributed by atoms with Gasteiger partial charge in [-0.05, 0) is 48.4 Å². The maximum Gasteiger partial charge on any atom is 0.199 e. The number of nitrogens with one attached hydrogen (secondary N) is 1. The molecule has 0 atom stereocenters. The van der Waals surface area contributed by atoms with E-state index in [2.05, 4.69) is 5.32 Å². The van der Waals surface area contributed by atoms with Gasteiger partial charge in [0.05, 0.1) is 7.11 Å². The zero-order valence-corrected chi connectivity index (χ0v) is 12.7. The summed E-state index contributed by atoms with van der Waals surface area (Å²) in [6.45, 7) is 2.66. The van der Waals surface area contributed by atoms with Gasteiger partial charge < -0.3 is 14.5 Å². The number of aryl methyl sites for hydroxylation is 1. The van der Waals surface area contributed by atoms with Crippen LogP contribution >= 0.6 is 11.6 Å². The van der Waals surface area contributed by atoms with Crippen LogP contribution in [0, 0.1) is 6.92 Å². The predicted molar refractivity (Wildman–Crippen MR) is 86.3 cm³/mol. The lowest BCUT2D eigenvalue weighted by atomic mass is 10.1. The first-order valence-electron chi connectivity index (χ1n) is 6.73. The normalized spacial score (nSPS) is 10.8. The summed E-state index contributed by atoms with van der Waals surface area (Å²) in [7, 11) is 1.67. The Labute approximate surface area is 128 Å². The molecule has 0 amide bonds. The van der Waals surface area contributed by atoms with Crippen molar-refractivity contribution in [3.8, 4) is 5.75 Å². The van der Waals surface area contributed by atoms with Gasteiger partial charge in [0.2, 0.25) is 0 Å². The molecule has 0 fully saturated rings. The van der Waals surface area contributed by atoms with E-state index >= 15 is 0 Å². The van der Waals surface area contributed by atoms with E-state index in [0.717, 1.165) is 33.5 Å². The fraction of sp³-hybridized carbons (Fsp3) is 0.176. The third kappa shape index (κ3) is 2.69. The van der Waals surface area contributed by atoms with Gasteiger partial charge in [-0.15, -0.1) is 0 Å². The molecule has 0 saturated heterocycles. The van der Waals surface area contributed by atoms with E-state index in [9.17, 15) is 0 Å². The van der Waals surface area contributed by atoms with Crippen molar-refractivity contribution < 1.29 is 9.15 Å². The summed E-state index contributed by atoms with van der Waals surface area (Å²) in [5.41, 5.74) is 3.96. The summed E-state index contributed by atoms with van der Waals surface area (Å²) in [5.74, 6) is 0.852. The van der Waals surface area contributed by atoms with Crippen molar-refractivity contribution >= 4 is 28.3 Å². The molecule has 21 heavy (non-hydrogen) atoms. The van der Waals surface area contributed by atoms with E-state index in [0.29, 0.717) is 11.8 Å². The summed E-state index contributed by atoms with van der Waals surface area (Å²) >= 11 is 6.19. The van der Waals surface area contributed by atoms with Crippen LogP contribution in [0.3, 0.4) is 0 Å². The van der Waals surface area contributed by atoms with Crippen LogP contribution in [0.15, 0.2) is 46.9 Å². The number of benzene rings is 2. The molecular formula is C17H16ClNO2. The first-order chi connectivity index (χ1) is 10.2. The van der Waals surface area contributed by atoms with E-state index in [-0.39, 0.29) is 0 Å². The second-order valence-electron chi connectivity index (χ2n) is 4.88. The van der Waals surface area contributed by atoms with Gasteiger partial charge in [0.25, 0.3) is 0 Å². The second-order valence-corrected chi connectivity index (χ2v) is 5.23. The quantitative estimate of drug-likeness (QED) is 0.735. The highest BCUT2D eigenvalue weighted by atomic mass is 35.5. The summed E-state index contributed by atoms with van der Waals surface area (Å²) in [5, 5.41) is 4.88. The summed E-state index contributed by atoms with van der Waals surface area (Å²) in [4.78, 5) is 0. The second kappa shape index (κ2) is 5.70. The van der Waals surface area contributed by atoms with E-state index in [1.54, 1.807) is 7.11 Å². The number of anilines is 1. The number of hydrogen-bond acceptors (Lipinski definition) is 3. The fourth-order valence-electron chi connectivity index (χ4n) is 2.38. The van der Waals surface area contributed by atoms with Crippen molar-refractivity contribution in [3.63, 3.8) is 0 Å². The van der Waals surface area contributed by atoms with Crippen LogP contribution in [0.4, 0.5) is 5.69 Å². The van der Waals surface area contributed by atoms with Gasteiger partial charge in [0.15, 0.2) is 5.22 Å². The van der Waals surface area contributed by atoms with Gasteiger partial charge in [0.1, 0.15) is 11.3 Å². The van der Waals surface area contributed by atoms with Crippen LogP contribution in [0.2, 0.25) is 5.22 Å². The zero-order valence-electron chi connectivity index (χ0n) is 11.9. The Kier molecular flexibility index (Phi) is 3.76. The van der Waals surface area contributed by atoms with Gasteiger partial charge in [-0.3, -0.25) is 0 Å². The Morgan fingerprint density at radius 1 is 1.19 bits per heavy atom. The largest absolute Gasteiger partial charge is 0.497 e. The average Bonchev–Trinajstić information content (AvgIpc) is 2.81. The van der Waals surface area contributed by atoms with Crippen molar-refractivity contribution in [1.29, 1.82) is 0 Å². The lowest BCUT2D eigenvalue weighted by molar-refractivity contribution is 0.414. The van der Waals surface area contributed by atoms with Crippen molar-refractivity contribution in [3.05, 3.63) is 58.8 Å². The number of rotatable bonds is 4. The van der Waals surface area contributed by atoms with Gasteiger partial charge in [0, 0.05) is 23.2 Å². The highest BCUT2D eigenvalue weighted by Gasteiger charge is 2.12. The van der Waals surface area contributed by atoms with Crippen LogP contribution in [0.1, 0.15) is 11.1 Å². The standard InChI is InChI=1S/C17H16ClNO2/c1-11-9-12(20-2)7-8-15(11)19-10-14-13-5-3-4-6-16(13)21-17(14)18/h3-9,19H,10H2,1-2H3. The molecule has 0 radical (unpaired) electrons. The van der Waals surface area contributed by atoms with Crippen LogP contribution in [-0.4, -0.2) is 7.11 Å². The molecular weight excluding hydrogens is 286 g/mol. The highest BCUT2D eigenvalue weighted by Crippen LogP contribution is 2.30. The Balaban J connectivity index is 1.85. The molecule has 0 saturated carbocycles. The Hall–Kier alpha value is -2.13. The van der Waals surface area contributed by atoms with Crippen molar-refractivity contribution in [1.82, 2.24) is 0 Å². The van der Waals surface area contributed by atoms with Gasteiger partial charge >= 0.3 is 0 Å². The maximum absolute atomic E-state index is 6.19. The number of furan rings is 1. The smallest absolute Gasteiger partial charge is 0.199 e. The minimum absolute atomic E-state index is 0.440. The third-order valence-electron chi connectivity index (χ3n) is 3.54. The lowest BCUT2D eigenvalue weighted by Crippen LogP contribution is -2.01.